The molecule has 0 saturated carbocycles. The lowest BCUT2D eigenvalue weighted by atomic mass is 10.1. The number of hydrogen-bond donors (Lipinski definition) is 2. The van der Waals surface area contributed by atoms with Crippen LogP contribution in [0, 0.1) is 0 Å². The molecule has 2 aromatic rings. The molecule has 0 bridgehead atoms. The van der Waals surface area contributed by atoms with E-state index in [9.17, 15) is 18.9 Å². The van der Waals surface area contributed by atoms with Gasteiger partial charge in [-0.2, -0.15) is 0 Å². The van der Waals surface area contributed by atoms with Gasteiger partial charge in [0.05, 0.1) is 12.7 Å². The Morgan fingerprint density at radius 2 is 2.00 bits per heavy atom. The van der Waals surface area contributed by atoms with Gasteiger partial charge in [-0.05, 0) is 43.4 Å². The number of aromatic nitrogens is 2. The van der Waals surface area contributed by atoms with Crippen LogP contribution in [0.25, 0.3) is 0 Å². The fourth-order valence-electron chi connectivity index (χ4n) is 3.72. The number of nitrogens with one attached hydrogen (secondary N) is 2. The molecular weight excluding hydrogens is 489 g/mol. The third kappa shape index (κ3) is 7.38. The minimum atomic E-state index is -3.99. The fourth-order valence-corrected chi connectivity index (χ4v) is 5.02. The first-order chi connectivity index (χ1) is 17.4. The highest BCUT2D eigenvalue weighted by Gasteiger charge is 2.33. The van der Waals surface area contributed by atoms with Gasteiger partial charge in [0.2, 0.25) is 0 Å². The van der Waals surface area contributed by atoms with E-state index < -0.39 is 37.3 Å². The molecule has 2 N–H and O–H groups in total. The number of allylic oxidation sites excluding steroid dienone is 2. The molecule has 1 fully saturated rings. The Hall–Kier alpha value is -3.24. The molecule has 36 heavy (non-hydrogen) atoms. The van der Waals surface area contributed by atoms with Crippen molar-refractivity contribution in [2.24, 2.45) is 0 Å². The molecule has 1 aromatic heterocycles. The fraction of sp³-hybridized carbons (Fsp3) is 0.375. The molecule has 1 aliphatic heterocycles. The first-order valence-electron chi connectivity index (χ1n) is 11.6. The molecule has 1 saturated heterocycles. The lowest BCUT2D eigenvalue weighted by molar-refractivity contribution is -0.141. The van der Waals surface area contributed by atoms with Crippen LogP contribution < -0.4 is 20.9 Å². The Morgan fingerprint density at radius 3 is 2.75 bits per heavy atom. The molecule has 0 radical (unpaired) electrons. The smallest absolute Gasteiger partial charge is 0.459 e. The minimum absolute atomic E-state index is 0.113. The van der Waals surface area contributed by atoms with Gasteiger partial charge < -0.3 is 14.0 Å². The Labute approximate surface area is 207 Å². The Bertz CT molecular complexity index is 1270. The van der Waals surface area contributed by atoms with E-state index in [0.717, 1.165) is 18.4 Å². The van der Waals surface area contributed by atoms with Crippen LogP contribution in [-0.2, 0) is 23.4 Å². The predicted octanol–water partition coefficient (Wildman–Crippen LogP) is 2.83. The Kier molecular flexibility index (Phi) is 8.71. The summed E-state index contributed by atoms with van der Waals surface area (Å²) in [5.41, 5.74) is -0.166. The van der Waals surface area contributed by atoms with Crippen LogP contribution in [0.3, 0.4) is 0 Å². The number of hydrogen-bond acceptors (Lipinski definition) is 8. The van der Waals surface area contributed by atoms with E-state index in [1.165, 1.54) is 16.8 Å². The second kappa shape index (κ2) is 12.1. The molecule has 2 aliphatic rings. The van der Waals surface area contributed by atoms with Crippen molar-refractivity contribution in [2.75, 3.05) is 19.8 Å². The number of benzene rings is 1. The topological polar surface area (TPSA) is 138 Å². The van der Waals surface area contributed by atoms with Crippen LogP contribution in [0.15, 0.2) is 76.0 Å². The molecule has 3 atom stereocenters. The molecular formula is C24H28N3O8P. The van der Waals surface area contributed by atoms with Crippen molar-refractivity contribution in [1.29, 1.82) is 0 Å². The minimum Gasteiger partial charge on any atom is -0.460 e. The number of esters is 1. The number of carbonyl (C=O) groups is 1. The second-order valence-corrected chi connectivity index (χ2v) is 10.0. The second-order valence-electron chi connectivity index (χ2n) is 8.26. The summed E-state index contributed by atoms with van der Waals surface area (Å²) in [6.07, 6.45) is 9.09. The third-order valence-corrected chi connectivity index (χ3v) is 7.02. The van der Waals surface area contributed by atoms with Crippen LogP contribution in [0.4, 0.5) is 0 Å². The summed E-state index contributed by atoms with van der Waals surface area (Å²) in [5.74, 6) is -0.311. The molecule has 11 nitrogen and oxygen atoms in total. The molecule has 1 aromatic carbocycles. The van der Waals surface area contributed by atoms with Gasteiger partial charge in [-0.1, -0.05) is 36.4 Å². The molecule has 0 spiro atoms. The lowest BCUT2D eigenvalue weighted by Crippen LogP contribution is -2.32. The maximum atomic E-state index is 13.5. The van der Waals surface area contributed by atoms with Gasteiger partial charge in [0.1, 0.15) is 25.1 Å². The Balaban J connectivity index is 1.34. The number of H-pyrrole nitrogens is 1. The average molecular weight is 517 g/mol. The van der Waals surface area contributed by atoms with Crippen molar-refractivity contribution in [3.8, 4) is 5.75 Å². The van der Waals surface area contributed by atoms with Gasteiger partial charge in [-0.25, -0.2) is 14.4 Å². The van der Waals surface area contributed by atoms with E-state index in [1.807, 2.05) is 18.2 Å². The summed E-state index contributed by atoms with van der Waals surface area (Å²) in [6, 6.07) is 9.67. The highest BCUT2D eigenvalue weighted by molar-refractivity contribution is 7.52. The van der Waals surface area contributed by atoms with Crippen molar-refractivity contribution in [2.45, 2.75) is 38.0 Å². The summed E-state index contributed by atoms with van der Waals surface area (Å²) < 4.78 is 37.1. The predicted molar refractivity (Wildman–Crippen MR) is 131 cm³/mol. The van der Waals surface area contributed by atoms with E-state index in [0.29, 0.717) is 18.6 Å². The van der Waals surface area contributed by atoms with E-state index in [-0.39, 0.29) is 19.8 Å². The van der Waals surface area contributed by atoms with Gasteiger partial charge in [-0.15, -0.1) is 0 Å². The van der Waals surface area contributed by atoms with E-state index in [2.05, 4.69) is 10.1 Å². The SMILES string of the molecule is O=C(CNP(=O)(OC[C@@H]1CC[C@H](n2ccc(=O)[nH]c2=O)O1)Oc1ccccc1)OCC1=CCCC=C1. The maximum Gasteiger partial charge on any atom is 0.459 e. The standard InChI is InChI=1S/C24H28N3O8P/c28-21-13-14-27(24(30)26-21)22-12-11-20(34-22)17-33-36(31,35-19-9-5-2-6-10-19)25-15-23(29)32-16-18-7-3-1-4-8-18/h2-3,5-10,13-14,20,22H,1,4,11-12,15-17H2,(H,25,31)(H,26,28,30)/t20-,22+,36?/m0/s1. The van der Waals surface area contributed by atoms with Crippen molar-refractivity contribution in [3.63, 3.8) is 0 Å². The van der Waals surface area contributed by atoms with Crippen LogP contribution >= 0.6 is 7.75 Å². The monoisotopic (exact) mass is 517 g/mol. The average Bonchev–Trinajstić information content (AvgIpc) is 3.35. The highest BCUT2D eigenvalue weighted by atomic mass is 31.2. The van der Waals surface area contributed by atoms with E-state index in [4.69, 9.17) is 18.5 Å². The zero-order valence-electron chi connectivity index (χ0n) is 19.5. The number of carbonyl (C=O) groups excluding carboxylic acids is 1. The van der Waals surface area contributed by atoms with Crippen molar-refractivity contribution in [1.82, 2.24) is 14.6 Å². The van der Waals surface area contributed by atoms with Crippen LogP contribution in [0.5, 0.6) is 5.75 Å². The Morgan fingerprint density at radius 1 is 1.17 bits per heavy atom. The molecule has 2 heterocycles. The quantitative estimate of drug-likeness (QED) is 0.340. The summed E-state index contributed by atoms with van der Waals surface area (Å²) in [7, 11) is -3.99. The van der Waals surface area contributed by atoms with Crippen molar-refractivity contribution >= 4 is 13.7 Å². The third-order valence-electron chi connectivity index (χ3n) is 5.53. The zero-order valence-corrected chi connectivity index (χ0v) is 20.4. The summed E-state index contributed by atoms with van der Waals surface area (Å²) in [5, 5.41) is 2.56. The molecule has 1 unspecified atom stereocenters. The zero-order chi connectivity index (χ0) is 25.4. The van der Waals surface area contributed by atoms with Crippen LogP contribution in [-0.4, -0.2) is 41.4 Å². The number of rotatable bonds is 11. The number of para-hydroxylation sites is 1. The highest BCUT2D eigenvalue weighted by Crippen LogP contribution is 2.45. The molecule has 1 aliphatic carbocycles. The van der Waals surface area contributed by atoms with Gasteiger partial charge in [0.25, 0.3) is 5.56 Å². The van der Waals surface area contributed by atoms with Gasteiger partial charge >= 0.3 is 19.4 Å². The largest absolute Gasteiger partial charge is 0.460 e. The van der Waals surface area contributed by atoms with Crippen LogP contribution in [0.2, 0.25) is 0 Å². The maximum absolute atomic E-state index is 13.5. The normalized spacial score (nSPS) is 20.9. The summed E-state index contributed by atoms with van der Waals surface area (Å²) >= 11 is 0. The molecule has 192 valence electrons. The first-order valence-corrected chi connectivity index (χ1v) is 13.2. The number of aromatic amines is 1. The van der Waals surface area contributed by atoms with Gasteiger partial charge in [-0.3, -0.25) is 23.7 Å². The van der Waals surface area contributed by atoms with Crippen molar-refractivity contribution in [3.05, 3.63) is 87.2 Å². The van der Waals surface area contributed by atoms with Gasteiger partial charge in [0, 0.05) is 12.3 Å². The number of ether oxygens (including phenoxy) is 2. The van der Waals surface area contributed by atoms with Crippen molar-refractivity contribution < 1.29 is 27.9 Å². The molecule has 12 heteroatoms. The van der Waals surface area contributed by atoms with E-state index >= 15 is 0 Å². The van der Waals surface area contributed by atoms with Crippen LogP contribution in [0.1, 0.15) is 31.9 Å². The molecule has 4 rings (SSSR count). The summed E-state index contributed by atoms with van der Waals surface area (Å²) in [6.45, 7) is -0.371. The first kappa shape index (κ1) is 25.8. The van der Waals surface area contributed by atoms with E-state index in [1.54, 1.807) is 30.3 Å². The van der Waals surface area contributed by atoms with Gasteiger partial charge in [0.15, 0.2) is 0 Å². The summed E-state index contributed by atoms with van der Waals surface area (Å²) in [4.78, 5) is 37.8. The lowest BCUT2D eigenvalue weighted by Gasteiger charge is -2.22. The number of nitrogens with zero attached hydrogens (tertiary/aromatic N) is 1. The molecule has 0 amide bonds.